The zero-order valence-corrected chi connectivity index (χ0v) is 16.8. The third-order valence-electron chi connectivity index (χ3n) is 4.49. The molecule has 0 atom stereocenters. The van der Waals surface area contributed by atoms with Crippen molar-refractivity contribution in [2.24, 2.45) is 5.73 Å². The number of methoxy groups -OCH3 is 2. The minimum Gasteiger partial charge on any atom is -0.497 e. The first-order valence-corrected chi connectivity index (χ1v) is 9.85. The second kappa shape index (κ2) is 8.99. The molecule has 0 aliphatic heterocycles. The molecule has 0 saturated heterocycles. The van der Waals surface area contributed by atoms with Crippen LogP contribution in [0.1, 0.15) is 18.7 Å². The average Bonchev–Trinajstić information content (AvgIpc) is 3.12. The molecule has 0 bridgehead atoms. The standard InChI is InChI=1S/C20H23N3O4S/c1-26-10-8-17-22-19-18(20(25)23(17)9-4-7-16(21)24)15(12-28-19)13-5-3-6-14(11-13)27-2/h3,5-6,11-12H,4,7-10H2,1-2H3,(H2,21,24). The van der Waals surface area contributed by atoms with Crippen LogP contribution in [0.4, 0.5) is 0 Å². The minimum absolute atomic E-state index is 0.111. The van der Waals surface area contributed by atoms with Crippen molar-refractivity contribution in [3.63, 3.8) is 0 Å². The molecule has 0 saturated carbocycles. The Balaban J connectivity index is 2.11. The van der Waals surface area contributed by atoms with Crippen LogP contribution < -0.4 is 16.0 Å². The zero-order valence-electron chi connectivity index (χ0n) is 15.9. The van der Waals surface area contributed by atoms with Crippen LogP contribution in [-0.2, 0) is 22.5 Å². The van der Waals surface area contributed by atoms with Gasteiger partial charge in [-0.1, -0.05) is 12.1 Å². The normalized spacial score (nSPS) is 11.1. The summed E-state index contributed by atoms with van der Waals surface area (Å²) in [4.78, 5) is 29.8. The van der Waals surface area contributed by atoms with Crippen LogP contribution in [0.2, 0.25) is 0 Å². The van der Waals surface area contributed by atoms with Gasteiger partial charge in [0.2, 0.25) is 5.91 Å². The number of fused-ring (bicyclic) bond motifs is 1. The number of ether oxygens (including phenoxy) is 2. The average molecular weight is 401 g/mol. The van der Waals surface area contributed by atoms with Gasteiger partial charge in [-0.3, -0.25) is 14.2 Å². The number of amides is 1. The molecule has 2 aromatic heterocycles. The summed E-state index contributed by atoms with van der Waals surface area (Å²) in [6.07, 6.45) is 1.23. The van der Waals surface area contributed by atoms with Crippen LogP contribution in [0.3, 0.4) is 0 Å². The SMILES string of the molecule is COCCc1nc2scc(-c3cccc(OC)c3)c2c(=O)n1CCCC(N)=O. The molecule has 0 fully saturated rings. The fourth-order valence-corrected chi connectivity index (χ4v) is 4.05. The number of carbonyl (C=O) groups is 1. The van der Waals surface area contributed by atoms with E-state index in [0.29, 0.717) is 42.0 Å². The Morgan fingerprint density at radius 3 is 2.86 bits per heavy atom. The van der Waals surface area contributed by atoms with E-state index in [1.165, 1.54) is 11.3 Å². The van der Waals surface area contributed by atoms with Gasteiger partial charge in [0.15, 0.2) is 0 Å². The van der Waals surface area contributed by atoms with E-state index in [4.69, 9.17) is 20.2 Å². The van der Waals surface area contributed by atoms with Crippen molar-refractivity contribution >= 4 is 27.5 Å². The molecule has 0 spiro atoms. The second-order valence-corrected chi connectivity index (χ2v) is 7.22. The van der Waals surface area contributed by atoms with Crippen LogP contribution in [0, 0.1) is 0 Å². The van der Waals surface area contributed by atoms with Gasteiger partial charge in [-0.25, -0.2) is 4.98 Å². The summed E-state index contributed by atoms with van der Waals surface area (Å²) >= 11 is 1.44. The maximum absolute atomic E-state index is 13.3. The highest BCUT2D eigenvalue weighted by Crippen LogP contribution is 2.32. The Bertz CT molecular complexity index is 1040. The predicted octanol–water partition coefficient (Wildman–Crippen LogP) is 2.59. The highest BCUT2D eigenvalue weighted by atomic mass is 32.1. The maximum atomic E-state index is 13.3. The van der Waals surface area contributed by atoms with Gasteiger partial charge in [0.1, 0.15) is 16.4 Å². The van der Waals surface area contributed by atoms with Crippen LogP contribution >= 0.6 is 11.3 Å². The van der Waals surface area contributed by atoms with E-state index in [0.717, 1.165) is 16.9 Å². The third kappa shape index (κ3) is 4.23. The topological polar surface area (TPSA) is 96.4 Å². The van der Waals surface area contributed by atoms with Crippen molar-refractivity contribution in [2.45, 2.75) is 25.8 Å². The lowest BCUT2D eigenvalue weighted by molar-refractivity contribution is -0.118. The molecule has 0 unspecified atom stereocenters. The highest BCUT2D eigenvalue weighted by Gasteiger charge is 2.17. The van der Waals surface area contributed by atoms with Crippen molar-refractivity contribution < 1.29 is 14.3 Å². The Hall–Kier alpha value is -2.71. The van der Waals surface area contributed by atoms with Crippen LogP contribution in [0.5, 0.6) is 5.75 Å². The van der Waals surface area contributed by atoms with Gasteiger partial charge in [0.25, 0.3) is 5.56 Å². The van der Waals surface area contributed by atoms with Crippen molar-refractivity contribution in [2.75, 3.05) is 20.8 Å². The lowest BCUT2D eigenvalue weighted by Gasteiger charge is -2.12. The Morgan fingerprint density at radius 2 is 2.14 bits per heavy atom. The molecular weight excluding hydrogens is 378 g/mol. The van der Waals surface area contributed by atoms with E-state index in [1.54, 1.807) is 18.8 Å². The number of nitrogens with zero attached hydrogens (tertiary/aromatic N) is 2. The summed E-state index contributed by atoms with van der Waals surface area (Å²) in [6.45, 7) is 0.846. The highest BCUT2D eigenvalue weighted by molar-refractivity contribution is 7.17. The van der Waals surface area contributed by atoms with Crippen LogP contribution in [0.15, 0.2) is 34.4 Å². The van der Waals surface area contributed by atoms with Gasteiger partial charge in [-0.05, 0) is 24.1 Å². The first-order chi connectivity index (χ1) is 13.5. The lowest BCUT2D eigenvalue weighted by Crippen LogP contribution is -2.26. The summed E-state index contributed by atoms with van der Waals surface area (Å²) in [6, 6.07) is 7.60. The molecule has 0 aliphatic rings. The Labute approximate surface area is 166 Å². The number of carbonyl (C=O) groups excluding carboxylic acids is 1. The van der Waals surface area contributed by atoms with E-state index in [-0.39, 0.29) is 17.9 Å². The quantitative estimate of drug-likeness (QED) is 0.594. The van der Waals surface area contributed by atoms with E-state index in [9.17, 15) is 9.59 Å². The first-order valence-electron chi connectivity index (χ1n) is 8.97. The molecule has 3 aromatic rings. The van der Waals surface area contributed by atoms with Gasteiger partial charge in [-0.2, -0.15) is 0 Å². The van der Waals surface area contributed by atoms with Crippen molar-refractivity contribution in [1.82, 2.24) is 9.55 Å². The summed E-state index contributed by atoms with van der Waals surface area (Å²) in [5.41, 5.74) is 6.86. The Morgan fingerprint density at radius 1 is 1.32 bits per heavy atom. The molecular formula is C20H23N3O4S. The lowest BCUT2D eigenvalue weighted by atomic mass is 10.1. The minimum atomic E-state index is -0.381. The van der Waals surface area contributed by atoms with E-state index in [2.05, 4.69) is 0 Å². The molecule has 0 radical (unpaired) electrons. The number of rotatable bonds is 9. The summed E-state index contributed by atoms with van der Waals surface area (Å²) in [7, 11) is 3.22. The van der Waals surface area contributed by atoms with Crippen molar-refractivity contribution in [3.05, 3.63) is 45.8 Å². The van der Waals surface area contributed by atoms with E-state index < -0.39 is 0 Å². The van der Waals surface area contributed by atoms with Crippen molar-refractivity contribution in [1.29, 1.82) is 0 Å². The number of hydrogen-bond acceptors (Lipinski definition) is 6. The fourth-order valence-electron chi connectivity index (χ4n) is 3.10. The molecule has 28 heavy (non-hydrogen) atoms. The van der Waals surface area contributed by atoms with E-state index >= 15 is 0 Å². The van der Waals surface area contributed by atoms with Gasteiger partial charge >= 0.3 is 0 Å². The number of benzene rings is 1. The van der Waals surface area contributed by atoms with Crippen LogP contribution in [0.25, 0.3) is 21.3 Å². The number of nitrogens with two attached hydrogens (primary N) is 1. The Kier molecular flexibility index (Phi) is 6.43. The number of thiophene rings is 1. The van der Waals surface area contributed by atoms with Gasteiger partial charge in [0, 0.05) is 37.4 Å². The molecule has 2 heterocycles. The summed E-state index contributed by atoms with van der Waals surface area (Å²) in [5, 5.41) is 2.53. The smallest absolute Gasteiger partial charge is 0.262 e. The molecule has 3 rings (SSSR count). The third-order valence-corrected chi connectivity index (χ3v) is 5.36. The van der Waals surface area contributed by atoms with Gasteiger partial charge in [-0.15, -0.1) is 11.3 Å². The predicted molar refractivity (Wildman–Crippen MR) is 110 cm³/mol. The van der Waals surface area contributed by atoms with Crippen LogP contribution in [-0.4, -0.2) is 36.3 Å². The molecule has 8 heteroatoms. The maximum Gasteiger partial charge on any atom is 0.262 e. The number of aromatic nitrogens is 2. The molecule has 148 valence electrons. The molecule has 2 N–H and O–H groups in total. The number of hydrogen-bond donors (Lipinski definition) is 1. The molecule has 0 aliphatic carbocycles. The number of primary amides is 1. The summed E-state index contributed by atoms with van der Waals surface area (Å²) < 4.78 is 12.1. The van der Waals surface area contributed by atoms with Crippen molar-refractivity contribution in [3.8, 4) is 16.9 Å². The second-order valence-electron chi connectivity index (χ2n) is 6.36. The first kappa shape index (κ1) is 20.0. The monoisotopic (exact) mass is 401 g/mol. The largest absolute Gasteiger partial charge is 0.497 e. The molecule has 7 nitrogen and oxygen atoms in total. The fraction of sp³-hybridized carbons (Fsp3) is 0.350. The molecule has 1 amide bonds. The molecule has 1 aromatic carbocycles. The van der Waals surface area contributed by atoms with Gasteiger partial charge in [0.05, 0.1) is 19.1 Å². The zero-order chi connectivity index (χ0) is 20.1. The van der Waals surface area contributed by atoms with E-state index in [1.807, 2.05) is 29.6 Å². The summed E-state index contributed by atoms with van der Waals surface area (Å²) in [5.74, 6) is 0.999. The van der Waals surface area contributed by atoms with Gasteiger partial charge < -0.3 is 15.2 Å².